The number of nitrogens with two attached hydrogens (primary N) is 1. The van der Waals surface area contributed by atoms with Crippen molar-refractivity contribution in [1.29, 1.82) is 0 Å². The zero-order valence-corrected chi connectivity index (χ0v) is 16.1. The van der Waals surface area contributed by atoms with Gasteiger partial charge < -0.3 is 15.4 Å². The monoisotopic (exact) mass is 372 g/mol. The van der Waals surface area contributed by atoms with Crippen molar-refractivity contribution in [1.82, 2.24) is 14.8 Å². The van der Waals surface area contributed by atoms with Crippen LogP contribution >= 0.6 is 0 Å². The van der Waals surface area contributed by atoms with Crippen LogP contribution in [-0.2, 0) is 15.1 Å². The molecule has 1 aromatic rings. The highest BCUT2D eigenvalue weighted by molar-refractivity contribution is 5.90. The van der Waals surface area contributed by atoms with Crippen molar-refractivity contribution in [3.8, 4) is 0 Å². The molecule has 3 aliphatic rings. The van der Waals surface area contributed by atoms with Crippen LogP contribution in [0, 0.1) is 11.8 Å². The maximum Gasteiger partial charge on any atom is 0.267 e. The lowest BCUT2D eigenvalue weighted by Crippen LogP contribution is -2.67. The predicted octanol–water partition coefficient (Wildman–Crippen LogP) is 0.985. The summed E-state index contributed by atoms with van der Waals surface area (Å²) in [5, 5.41) is 0. The van der Waals surface area contributed by atoms with Crippen molar-refractivity contribution in [3.63, 3.8) is 0 Å². The van der Waals surface area contributed by atoms with Crippen LogP contribution in [0.25, 0.3) is 0 Å². The lowest BCUT2D eigenvalue weighted by Gasteiger charge is -2.58. The molecule has 2 N–H and O–H groups in total. The number of aromatic nitrogens is 1. The van der Waals surface area contributed by atoms with E-state index < -0.39 is 11.5 Å². The minimum absolute atomic E-state index is 0.158. The zero-order valence-electron chi connectivity index (χ0n) is 16.1. The summed E-state index contributed by atoms with van der Waals surface area (Å²) in [7, 11) is 1.78. The second-order valence-corrected chi connectivity index (χ2v) is 8.15. The van der Waals surface area contributed by atoms with Gasteiger partial charge >= 0.3 is 0 Å². The summed E-state index contributed by atoms with van der Waals surface area (Å²) in [6.45, 7) is 5.20. The fourth-order valence-corrected chi connectivity index (χ4v) is 5.44. The van der Waals surface area contributed by atoms with Crippen molar-refractivity contribution >= 4 is 11.8 Å². The number of pyridine rings is 1. The van der Waals surface area contributed by atoms with Crippen molar-refractivity contribution < 1.29 is 14.3 Å². The molecule has 1 saturated carbocycles. The van der Waals surface area contributed by atoms with Gasteiger partial charge in [-0.25, -0.2) is 0 Å². The Morgan fingerprint density at radius 3 is 2.44 bits per heavy atom. The van der Waals surface area contributed by atoms with Crippen LogP contribution in [-0.4, -0.2) is 65.9 Å². The number of carbonyl (C=O) groups excluding carboxylic acids is 2. The van der Waals surface area contributed by atoms with E-state index >= 15 is 0 Å². The molecule has 27 heavy (non-hydrogen) atoms. The Hall–Kier alpha value is -1.99. The van der Waals surface area contributed by atoms with Gasteiger partial charge in [-0.3, -0.25) is 19.5 Å². The van der Waals surface area contributed by atoms with Crippen LogP contribution in [0.5, 0.6) is 0 Å². The Bertz CT molecular complexity index is 732. The first-order chi connectivity index (χ1) is 13.0. The number of rotatable bonds is 4. The number of amides is 2. The molecule has 2 amide bonds. The highest BCUT2D eigenvalue weighted by Crippen LogP contribution is 2.52. The summed E-state index contributed by atoms with van der Waals surface area (Å²) in [5.74, 6) is 0.351. The number of piperidine rings is 1. The van der Waals surface area contributed by atoms with Crippen LogP contribution in [0.3, 0.4) is 0 Å². The average Bonchev–Trinajstić information content (AvgIpc) is 2.59. The van der Waals surface area contributed by atoms with Gasteiger partial charge in [-0.05, 0) is 30.5 Å². The molecule has 7 nitrogen and oxygen atoms in total. The van der Waals surface area contributed by atoms with Crippen LogP contribution < -0.4 is 5.73 Å². The number of hydrogen-bond acceptors (Lipinski definition) is 5. The Balaban J connectivity index is 1.60. The summed E-state index contributed by atoms with van der Waals surface area (Å²) in [6, 6.07) is 4.23. The zero-order chi connectivity index (χ0) is 19.2. The molecule has 3 heterocycles. The summed E-state index contributed by atoms with van der Waals surface area (Å²) in [4.78, 5) is 31.7. The molecule has 3 atom stereocenters. The number of carbonyl (C=O) groups is 2. The molecule has 2 bridgehead atoms. The molecule has 2 saturated heterocycles. The molecule has 0 radical (unpaired) electrons. The largest absolute Gasteiger partial charge is 0.373 e. The fraction of sp³-hybridized carbons (Fsp3) is 0.650. The standard InChI is InChI=1S/C20H28N4O3/c1-13(25)23-11-17(12-23)24-9-15-4-3-5-16(10-24)20(15,27-2)14-6-7-22-18(8-14)19(21)26/h6-8,15-17H,3-5,9-12H2,1-2H3,(H2,21,26)/t15-,16+,20-. The minimum atomic E-state index is -0.510. The van der Waals surface area contributed by atoms with Crippen molar-refractivity contribution in [2.45, 2.75) is 37.8 Å². The van der Waals surface area contributed by atoms with Gasteiger partial charge in [-0.15, -0.1) is 0 Å². The van der Waals surface area contributed by atoms with Crippen LogP contribution in [0.1, 0.15) is 42.2 Å². The van der Waals surface area contributed by atoms with Crippen LogP contribution in [0.4, 0.5) is 0 Å². The fourth-order valence-electron chi connectivity index (χ4n) is 5.44. The second kappa shape index (κ2) is 6.87. The molecule has 0 aromatic carbocycles. The number of nitrogens with zero attached hydrogens (tertiary/aromatic N) is 3. The molecule has 1 aliphatic carbocycles. The molecule has 0 unspecified atom stereocenters. The Labute approximate surface area is 159 Å². The lowest BCUT2D eigenvalue weighted by atomic mass is 9.62. The summed E-state index contributed by atoms with van der Waals surface area (Å²) in [5.41, 5.74) is 6.37. The Morgan fingerprint density at radius 2 is 1.89 bits per heavy atom. The van der Waals surface area contributed by atoms with E-state index in [9.17, 15) is 9.59 Å². The molecule has 4 rings (SSSR count). The summed E-state index contributed by atoms with van der Waals surface area (Å²) in [6.07, 6.45) is 5.05. The van der Waals surface area contributed by atoms with E-state index in [4.69, 9.17) is 10.5 Å². The molecule has 2 aliphatic heterocycles. The number of ether oxygens (including phenoxy) is 1. The third kappa shape index (κ3) is 2.93. The summed E-state index contributed by atoms with van der Waals surface area (Å²) < 4.78 is 6.23. The van der Waals surface area contributed by atoms with Gasteiger partial charge in [0.2, 0.25) is 5.91 Å². The van der Waals surface area contributed by atoms with Crippen molar-refractivity contribution in [3.05, 3.63) is 29.6 Å². The molecular weight excluding hydrogens is 344 g/mol. The molecule has 0 spiro atoms. The first kappa shape index (κ1) is 18.4. The number of fused-ring (bicyclic) bond motifs is 2. The van der Waals surface area contributed by atoms with E-state index in [0.717, 1.165) is 44.6 Å². The van der Waals surface area contributed by atoms with E-state index in [0.29, 0.717) is 23.6 Å². The Kier molecular flexibility index (Phi) is 4.68. The first-order valence-corrected chi connectivity index (χ1v) is 9.76. The topological polar surface area (TPSA) is 88.8 Å². The second-order valence-electron chi connectivity index (χ2n) is 8.15. The van der Waals surface area contributed by atoms with E-state index in [-0.39, 0.29) is 5.91 Å². The van der Waals surface area contributed by atoms with E-state index in [1.807, 2.05) is 17.0 Å². The van der Waals surface area contributed by atoms with Crippen molar-refractivity contribution in [2.24, 2.45) is 17.6 Å². The molecule has 7 heteroatoms. The number of hydrogen-bond donors (Lipinski definition) is 1. The lowest BCUT2D eigenvalue weighted by molar-refractivity contribution is -0.182. The highest BCUT2D eigenvalue weighted by Gasteiger charge is 2.54. The number of methoxy groups -OCH3 is 1. The first-order valence-electron chi connectivity index (χ1n) is 9.76. The van der Waals surface area contributed by atoms with Gasteiger partial charge in [0, 0.05) is 64.3 Å². The highest BCUT2D eigenvalue weighted by atomic mass is 16.5. The number of primary amides is 1. The van der Waals surface area contributed by atoms with Gasteiger partial charge in [0.1, 0.15) is 11.3 Å². The van der Waals surface area contributed by atoms with Gasteiger partial charge in [-0.1, -0.05) is 6.42 Å². The van der Waals surface area contributed by atoms with Gasteiger partial charge in [0.15, 0.2) is 0 Å². The van der Waals surface area contributed by atoms with Crippen LogP contribution in [0.15, 0.2) is 18.3 Å². The average molecular weight is 372 g/mol. The Morgan fingerprint density at radius 1 is 1.22 bits per heavy atom. The molecular formula is C20H28N4O3. The number of likely N-dealkylation sites (tertiary alicyclic amines) is 2. The van der Waals surface area contributed by atoms with Gasteiger partial charge in [-0.2, -0.15) is 0 Å². The van der Waals surface area contributed by atoms with Gasteiger partial charge in [0.05, 0.1) is 0 Å². The van der Waals surface area contributed by atoms with E-state index in [1.165, 1.54) is 6.42 Å². The maximum atomic E-state index is 11.6. The summed E-state index contributed by atoms with van der Waals surface area (Å²) >= 11 is 0. The third-order valence-corrected chi connectivity index (χ3v) is 6.85. The normalized spacial score (nSPS) is 31.4. The smallest absolute Gasteiger partial charge is 0.267 e. The maximum absolute atomic E-state index is 11.6. The molecule has 1 aromatic heterocycles. The molecule has 146 valence electrons. The predicted molar refractivity (Wildman–Crippen MR) is 99.9 cm³/mol. The van der Waals surface area contributed by atoms with Crippen molar-refractivity contribution in [2.75, 3.05) is 33.3 Å². The van der Waals surface area contributed by atoms with E-state index in [2.05, 4.69) is 9.88 Å². The SMILES string of the molecule is CO[C@]1(c2ccnc(C(N)=O)c2)[C@@H]2CCC[C@H]1CN(C1CN(C(C)=O)C1)C2. The van der Waals surface area contributed by atoms with Gasteiger partial charge in [0.25, 0.3) is 5.91 Å². The van der Waals surface area contributed by atoms with E-state index in [1.54, 1.807) is 20.2 Å². The minimum Gasteiger partial charge on any atom is -0.373 e. The quantitative estimate of drug-likeness (QED) is 0.851. The molecule has 3 fully saturated rings. The van der Waals surface area contributed by atoms with Crippen LogP contribution in [0.2, 0.25) is 0 Å². The third-order valence-electron chi connectivity index (χ3n) is 6.85.